The van der Waals surface area contributed by atoms with Gasteiger partial charge in [0.1, 0.15) is 0 Å². The number of hydrogen-bond acceptors (Lipinski definition) is 3. The number of amides is 1. The average molecular weight is 331 g/mol. The van der Waals surface area contributed by atoms with Crippen molar-refractivity contribution in [3.05, 3.63) is 48.5 Å². The summed E-state index contributed by atoms with van der Waals surface area (Å²) in [4.78, 5) is 15.9. The largest absolute Gasteiger partial charge is 0.399 e. The first-order chi connectivity index (χ1) is 9.15. The van der Waals surface area contributed by atoms with E-state index in [-0.39, 0.29) is 30.7 Å². The van der Waals surface area contributed by atoms with Crippen molar-refractivity contribution in [1.82, 2.24) is 14.9 Å². The van der Waals surface area contributed by atoms with Gasteiger partial charge in [-0.1, -0.05) is 13.0 Å². The Balaban J connectivity index is 0.00000200. The van der Waals surface area contributed by atoms with E-state index in [2.05, 4.69) is 17.2 Å². The predicted octanol–water partition coefficient (Wildman–Crippen LogP) is 2.38. The number of benzene rings is 1. The summed E-state index contributed by atoms with van der Waals surface area (Å²) in [5, 5.41) is 2.91. The molecule has 0 spiro atoms. The molecule has 1 heterocycles. The van der Waals surface area contributed by atoms with E-state index < -0.39 is 0 Å². The van der Waals surface area contributed by atoms with Gasteiger partial charge in [0.15, 0.2) is 0 Å². The highest BCUT2D eigenvalue weighted by Gasteiger charge is 2.08. The van der Waals surface area contributed by atoms with Crippen LogP contribution in [0.1, 0.15) is 17.3 Å². The number of halogens is 2. The highest BCUT2D eigenvalue weighted by Crippen LogP contribution is 2.06. The van der Waals surface area contributed by atoms with Crippen molar-refractivity contribution >= 4 is 36.4 Å². The third-order valence-electron chi connectivity index (χ3n) is 2.84. The molecule has 2 aromatic rings. The molecule has 0 aliphatic rings. The van der Waals surface area contributed by atoms with Crippen LogP contribution in [0.5, 0.6) is 0 Å². The second-order valence-electron chi connectivity index (χ2n) is 4.70. The van der Waals surface area contributed by atoms with Crippen molar-refractivity contribution in [2.45, 2.75) is 13.5 Å². The molecule has 3 N–H and O–H groups in total. The first-order valence-corrected chi connectivity index (χ1v) is 6.24. The van der Waals surface area contributed by atoms with E-state index in [1.165, 1.54) is 0 Å². The predicted molar refractivity (Wildman–Crippen MR) is 89.1 cm³/mol. The number of aromatic nitrogens is 2. The summed E-state index contributed by atoms with van der Waals surface area (Å²) in [5.74, 6) is 0.240. The van der Waals surface area contributed by atoms with Crippen molar-refractivity contribution in [1.29, 1.82) is 0 Å². The maximum atomic E-state index is 11.9. The lowest BCUT2D eigenvalue weighted by Gasteiger charge is -2.13. The van der Waals surface area contributed by atoms with Gasteiger partial charge in [0.2, 0.25) is 0 Å². The number of anilines is 1. The van der Waals surface area contributed by atoms with E-state index in [0.29, 0.717) is 23.7 Å². The molecule has 0 saturated heterocycles. The summed E-state index contributed by atoms with van der Waals surface area (Å²) in [5.41, 5.74) is 6.84. The third kappa shape index (κ3) is 6.06. The molecule has 5 nitrogen and oxygen atoms in total. The Morgan fingerprint density at radius 2 is 2.19 bits per heavy atom. The van der Waals surface area contributed by atoms with E-state index >= 15 is 0 Å². The summed E-state index contributed by atoms with van der Waals surface area (Å²) in [6.07, 6.45) is 5.43. The number of carbonyl (C=O) groups is 1. The Labute approximate surface area is 136 Å². The number of nitrogens with one attached hydrogen (secondary N) is 1. The molecule has 0 radical (unpaired) electrons. The van der Waals surface area contributed by atoms with Crippen LogP contribution in [0, 0.1) is 5.92 Å². The first-order valence-electron chi connectivity index (χ1n) is 6.24. The number of nitrogen functional groups attached to an aromatic ring is 1. The van der Waals surface area contributed by atoms with Crippen LogP contribution in [0.25, 0.3) is 0 Å². The Hall–Kier alpha value is -1.72. The van der Waals surface area contributed by atoms with Gasteiger partial charge in [-0.25, -0.2) is 4.98 Å². The van der Waals surface area contributed by atoms with Gasteiger partial charge in [-0.3, -0.25) is 4.79 Å². The zero-order chi connectivity index (χ0) is 13.7. The molecule has 1 aromatic heterocycles. The molecule has 1 amide bonds. The fourth-order valence-corrected chi connectivity index (χ4v) is 1.87. The molecule has 0 aliphatic carbocycles. The Morgan fingerprint density at radius 3 is 2.81 bits per heavy atom. The van der Waals surface area contributed by atoms with Crippen LogP contribution < -0.4 is 11.1 Å². The van der Waals surface area contributed by atoms with E-state index in [1.54, 1.807) is 36.8 Å². The van der Waals surface area contributed by atoms with Gasteiger partial charge < -0.3 is 15.6 Å². The zero-order valence-corrected chi connectivity index (χ0v) is 13.4. The topological polar surface area (TPSA) is 72.9 Å². The number of hydrogen-bond donors (Lipinski definition) is 2. The van der Waals surface area contributed by atoms with Crippen LogP contribution in [0.3, 0.4) is 0 Å². The average Bonchev–Trinajstić information content (AvgIpc) is 2.88. The van der Waals surface area contributed by atoms with E-state index in [1.807, 2.05) is 10.8 Å². The van der Waals surface area contributed by atoms with Crippen molar-refractivity contribution in [3.63, 3.8) is 0 Å². The van der Waals surface area contributed by atoms with Gasteiger partial charge in [0, 0.05) is 36.7 Å². The number of nitrogens with two attached hydrogens (primary N) is 1. The SMILES string of the molecule is CC(CNC(=O)c1cccc(N)c1)Cn1ccnc1.Cl.Cl. The van der Waals surface area contributed by atoms with Gasteiger partial charge in [-0.05, 0) is 24.1 Å². The van der Waals surface area contributed by atoms with Crippen molar-refractivity contribution in [2.75, 3.05) is 12.3 Å². The molecular formula is C14H20Cl2N4O. The highest BCUT2D eigenvalue weighted by atomic mass is 35.5. The van der Waals surface area contributed by atoms with Gasteiger partial charge in [0.05, 0.1) is 6.33 Å². The maximum Gasteiger partial charge on any atom is 0.251 e. The van der Waals surface area contributed by atoms with Gasteiger partial charge in [0.25, 0.3) is 5.91 Å². The molecular weight excluding hydrogens is 311 g/mol. The van der Waals surface area contributed by atoms with Crippen LogP contribution in [-0.4, -0.2) is 22.0 Å². The van der Waals surface area contributed by atoms with Crippen molar-refractivity contribution in [2.24, 2.45) is 5.92 Å². The van der Waals surface area contributed by atoms with E-state index in [9.17, 15) is 4.79 Å². The molecule has 1 atom stereocenters. The summed E-state index contributed by atoms with van der Waals surface area (Å²) in [7, 11) is 0. The molecule has 0 fully saturated rings. The number of nitrogens with zero attached hydrogens (tertiary/aromatic N) is 2. The highest BCUT2D eigenvalue weighted by molar-refractivity contribution is 5.94. The number of rotatable bonds is 5. The van der Waals surface area contributed by atoms with Crippen molar-refractivity contribution in [3.8, 4) is 0 Å². The summed E-state index contributed by atoms with van der Waals surface area (Å²) in [6, 6.07) is 6.97. The van der Waals surface area contributed by atoms with Gasteiger partial charge >= 0.3 is 0 Å². The van der Waals surface area contributed by atoms with Crippen LogP contribution in [0.15, 0.2) is 43.0 Å². The first kappa shape index (κ1) is 19.3. The standard InChI is InChI=1S/C14H18N4O.2ClH/c1-11(9-18-6-5-16-10-18)8-17-14(19)12-3-2-4-13(15)7-12;;/h2-7,10-11H,8-9,15H2,1H3,(H,17,19);2*1H. The van der Waals surface area contributed by atoms with Crippen molar-refractivity contribution < 1.29 is 4.79 Å². The zero-order valence-electron chi connectivity index (χ0n) is 11.7. The lowest BCUT2D eigenvalue weighted by molar-refractivity contribution is 0.0947. The monoisotopic (exact) mass is 330 g/mol. The number of imidazole rings is 1. The van der Waals surface area contributed by atoms with Crippen LogP contribution in [0.2, 0.25) is 0 Å². The molecule has 0 aliphatic heterocycles. The molecule has 7 heteroatoms. The Kier molecular flexibility index (Phi) is 8.50. The molecule has 21 heavy (non-hydrogen) atoms. The van der Waals surface area contributed by atoms with Crippen LogP contribution in [0.4, 0.5) is 5.69 Å². The van der Waals surface area contributed by atoms with Gasteiger partial charge in [-0.2, -0.15) is 0 Å². The second-order valence-corrected chi connectivity index (χ2v) is 4.70. The van der Waals surface area contributed by atoms with Crippen LogP contribution >= 0.6 is 24.8 Å². The minimum Gasteiger partial charge on any atom is -0.399 e. The minimum atomic E-state index is -0.0928. The van der Waals surface area contributed by atoms with Gasteiger partial charge in [-0.15, -0.1) is 24.8 Å². The van der Waals surface area contributed by atoms with E-state index in [4.69, 9.17) is 5.73 Å². The van der Waals surface area contributed by atoms with Crippen LogP contribution in [-0.2, 0) is 6.54 Å². The Morgan fingerprint density at radius 1 is 1.43 bits per heavy atom. The molecule has 0 bridgehead atoms. The summed E-state index contributed by atoms with van der Waals surface area (Å²) in [6.45, 7) is 3.53. The summed E-state index contributed by atoms with van der Waals surface area (Å²) >= 11 is 0. The molecule has 0 saturated carbocycles. The smallest absolute Gasteiger partial charge is 0.251 e. The normalized spacial score (nSPS) is 10.9. The minimum absolute atomic E-state index is 0. The Bertz CT molecular complexity index is 546. The fraction of sp³-hybridized carbons (Fsp3) is 0.286. The molecule has 116 valence electrons. The molecule has 1 aromatic carbocycles. The third-order valence-corrected chi connectivity index (χ3v) is 2.84. The molecule has 2 rings (SSSR count). The molecule has 1 unspecified atom stereocenters. The lowest BCUT2D eigenvalue weighted by atomic mass is 10.1. The quantitative estimate of drug-likeness (QED) is 0.826. The lowest BCUT2D eigenvalue weighted by Crippen LogP contribution is -2.29. The maximum absolute atomic E-state index is 11.9. The second kappa shape index (κ2) is 9.26. The summed E-state index contributed by atoms with van der Waals surface area (Å²) < 4.78 is 2.00. The van der Waals surface area contributed by atoms with E-state index in [0.717, 1.165) is 6.54 Å². The number of carbonyl (C=O) groups excluding carboxylic acids is 1. The fourth-order valence-electron chi connectivity index (χ4n) is 1.87.